The first-order chi connectivity index (χ1) is 9.29. The highest BCUT2D eigenvalue weighted by Gasteiger charge is 2.15. The molecular weight excluding hydrogens is 338 g/mol. The van der Waals surface area contributed by atoms with Crippen molar-refractivity contribution in [3.05, 3.63) is 28.2 Å². The Morgan fingerprint density at radius 1 is 1.40 bits per heavy atom. The smallest absolute Gasteiger partial charge is 0.307 e. The number of carboxylic acids is 1. The average molecular weight is 360 g/mol. The van der Waals surface area contributed by atoms with Crippen LogP contribution < -0.4 is 0 Å². The molecule has 0 aliphatic heterocycles. The van der Waals surface area contributed by atoms with E-state index in [1.54, 1.807) is 6.92 Å². The zero-order valence-electron chi connectivity index (χ0n) is 12.4. The summed E-state index contributed by atoms with van der Waals surface area (Å²) in [5, 5.41) is 9.49. The maximum absolute atomic E-state index is 10.9. The first-order valence-electron chi connectivity index (χ1n) is 6.66. The Bertz CT molecular complexity index is 465. The first kappa shape index (κ1) is 17.5. The minimum absolute atomic E-state index is 0.350. The van der Waals surface area contributed by atoms with Gasteiger partial charge >= 0.3 is 5.97 Å². The van der Waals surface area contributed by atoms with Gasteiger partial charge in [-0.25, -0.2) is 0 Å². The highest BCUT2D eigenvalue weighted by Crippen LogP contribution is 2.30. The van der Waals surface area contributed by atoms with E-state index in [1.165, 1.54) is 10.5 Å². The number of carboxylic acid groups (broad SMARTS) is 1. The Morgan fingerprint density at radius 3 is 2.60 bits per heavy atom. The van der Waals surface area contributed by atoms with Crippen LogP contribution in [0.4, 0.5) is 0 Å². The predicted octanol–water partition coefficient (Wildman–Crippen LogP) is 4.10. The summed E-state index contributed by atoms with van der Waals surface area (Å²) in [6, 6.07) is 6.28. The number of hydrogen-bond acceptors (Lipinski definition) is 3. The molecule has 0 heterocycles. The van der Waals surface area contributed by atoms with Crippen LogP contribution in [0.15, 0.2) is 27.6 Å². The van der Waals surface area contributed by atoms with Crippen molar-refractivity contribution in [2.24, 2.45) is 5.92 Å². The van der Waals surface area contributed by atoms with Gasteiger partial charge in [0.2, 0.25) is 0 Å². The number of carbonyl (C=O) groups is 1. The molecule has 0 bridgehead atoms. The van der Waals surface area contributed by atoms with Crippen LogP contribution in [0.25, 0.3) is 0 Å². The van der Waals surface area contributed by atoms with Crippen LogP contribution in [0, 0.1) is 5.92 Å². The maximum atomic E-state index is 10.9. The van der Waals surface area contributed by atoms with Gasteiger partial charge in [-0.15, -0.1) is 11.8 Å². The lowest BCUT2D eigenvalue weighted by molar-refractivity contribution is -0.141. The van der Waals surface area contributed by atoms with Crippen LogP contribution in [-0.2, 0) is 11.3 Å². The lowest BCUT2D eigenvalue weighted by atomic mass is 10.1. The molecule has 1 N–H and O–H groups in total. The van der Waals surface area contributed by atoms with Gasteiger partial charge in [-0.3, -0.25) is 4.79 Å². The summed E-state index contributed by atoms with van der Waals surface area (Å²) < 4.78 is 1.07. The molecule has 0 aliphatic carbocycles. The highest BCUT2D eigenvalue weighted by atomic mass is 79.9. The van der Waals surface area contributed by atoms with Crippen molar-refractivity contribution in [2.45, 2.75) is 37.5 Å². The van der Waals surface area contributed by atoms with E-state index in [1.807, 2.05) is 24.9 Å². The molecule has 112 valence electrons. The monoisotopic (exact) mass is 359 g/mol. The van der Waals surface area contributed by atoms with Crippen molar-refractivity contribution in [1.29, 1.82) is 0 Å². The summed E-state index contributed by atoms with van der Waals surface area (Å²) in [5.41, 5.74) is 1.24. The zero-order valence-corrected chi connectivity index (χ0v) is 14.8. The van der Waals surface area contributed by atoms with E-state index in [9.17, 15) is 4.79 Å². The Hall–Kier alpha value is -0.520. The van der Waals surface area contributed by atoms with Crippen LogP contribution in [0.5, 0.6) is 0 Å². The summed E-state index contributed by atoms with van der Waals surface area (Å²) in [7, 11) is 1.96. The van der Waals surface area contributed by atoms with Crippen molar-refractivity contribution >= 4 is 33.7 Å². The topological polar surface area (TPSA) is 40.5 Å². The molecule has 0 spiro atoms. The second-order valence-corrected chi connectivity index (χ2v) is 7.89. The molecular formula is C15H22BrNO2S. The summed E-state index contributed by atoms with van der Waals surface area (Å²) in [6.07, 6.45) is 0. The fourth-order valence-corrected chi connectivity index (χ4v) is 3.42. The van der Waals surface area contributed by atoms with E-state index in [2.05, 4.69) is 46.8 Å². The lowest BCUT2D eigenvalue weighted by Crippen LogP contribution is -2.28. The van der Waals surface area contributed by atoms with E-state index in [0.717, 1.165) is 11.0 Å². The Balaban J connectivity index is 2.78. The minimum Gasteiger partial charge on any atom is -0.481 e. The fraction of sp³-hybridized carbons (Fsp3) is 0.533. The molecule has 0 radical (unpaired) electrons. The molecule has 0 amide bonds. The number of thioether (sulfide) groups is 1. The third kappa shape index (κ3) is 5.85. The van der Waals surface area contributed by atoms with Crippen molar-refractivity contribution in [3.63, 3.8) is 0 Å². The van der Waals surface area contributed by atoms with E-state index in [0.29, 0.717) is 11.8 Å². The molecule has 3 nitrogen and oxygen atoms in total. The van der Waals surface area contributed by atoms with E-state index in [4.69, 9.17) is 5.11 Å². The van der Waals surface area contributed by atoms with Crippen molar-refractivity contribution in [3.8, 4) is 0 Å². The summed E-state index contributed by atoms with van der Waals surface area (Å²) in [5.74, 6) is -1.10. The van der Waals surface area contributed by atoms with Gasteiger partial charge in [0.15, 0.2) is 0 Å². The van der Waals surface area contributed by atoms with Gasteiger partial charge < -0.3 is 10.0 Å². The summed E-state index contributed by atoms with van der Waals surface area (Å²) >= 11 is 5.34. The van der Waals surface area contributed by atoms with Gasteiger partial charge in [0.05, 0.1) is 5.92 Å². The van der Waals surface area contributed by atoms with Gasteiger partial charge in [0.1, 0.15) is 0 Å². The molecule has 1 atom stereocenters. The molecule has 5 heteroatoms. The quantitative estimate of drug-likeness (QED) is 0.744. The summed E-state index contributed by atoms with van der Waals surface area (Å²) in [6.45, 7) is 7.40. The molecule has 0 saturated heterocycles. The van der Waals surface area contributed by atoms with Gasteiger partial charge in [-0.1, -0.05) is 42.8 Å². The van der Waals surface area contributed by atoms with Crippen molar-refractivity contribution in [2.75, 3.05) is 13.6 Å². The first-order valence-corrected chi connectivity index (χ1v) is 8.33. The third-order valence-corrected chi connectivity index (χ3v) is 4.44. The van der Waals surface area contributed by atoms with Crippen molar-refractivity contribution in [1.82, 2.24) is 4.90 Å². The van der Waals surface area contributed by atoms with Crippen molar-refractivity contribution < 1.29 is 9.90 Å². The van der Waals surface area contributed by atoms with Crippen LogP contribution in [0.2, 0.25) is 0 Å². The van der Waals surface area contributed by atoms with Gasteiger partial charge in [0, 0.05) is 27.7 Å². The van der Waals surface area contributed by atoms with Crippen LogP contribution in [0.1, 0.15) is 26.3 Å². The molecule has 0 saturated carbocycles. The average Bonchev–Trinajstić information content (AvgIpc) is 2.31. The Morgan fingerprint density at radius 2 is 2.05 bits per heavy atom. The maximum Gasteiger partial charge on any atom is 0.307 e. The summed E-state index contributed by atoms with van der Waals surface area (Å²) in [4.78, 5) is 14.2. The molecule has 0 aromatic heterocycles. The number of rotatable bonds is 7. The van der Waals surface area contributed by atoms with Gasteiger partial charge in [-0.2, -0.15) is 0 Å². The number of benzene rings is 1. The molecule has 1 rings (SSSR count). The SMILES string of the molecule is CC(C)Sc1cc(Br)ccc1CN(C)CC(C)C(=O)O. The zero-order chi connectivity index (χ0) is 15.3. The minimum atomic E-state index is -0.746. The third-order valence-electron chi connectivity index (χ3n) is 2.84. The molecule has 20 heavy (non-hydrogen) atoms. The molecule has 0 fully saturated rings. The molecule has 1 aromatic rings. The fourth-order valence-electron chi connectivity index (χ4n) is 1.92. The molecule has 0 aliphatic rings. The van der Waals surface area contributed by atoms with Gasteiger partial charge in [-0.05, 0) is 24.7 Å². The van der Waals surface area contributed by atoms with E-state index in [-0.39, 0.29) is 5.92 Å². The Kier molecular flexibility index (Phi) is 7.06. The number of nitrogens with zero attached hydrogens (tertiary/aromatic N) is 1. The predicted molar refractivity (Wildman–Crippen MR) is 88.3 cm³/mol. The highest BCUT2D eigenvalue weighted by molar-refractivity contribution is 9.10. The standard InChI is InChI=1S/C15H22BrNO2S/c1-10(2)20-14-7-13(16)6-5-12(14)9-17(4)8-11(3)15(18)19/h5-7,10-11H,8-9H2,1-4H3,(H,18,19). The largest absolute Gasteiger partial charge is 0.481 e. The number of aliphatic carboxylic acids is 1. The Labute approximate surface area is 133 Å². The molecule has 1 aromatic carbocycles. The van der Waals surface area contributed by atoms with E-state index >= 15 is 0 Å². The number of hydrogen-bond donors (Lipinski definition) is 1. The second kappa shape index (κ2) is 8.05. The van der Waals surface area contributed by atoms with Crippen LogP contribution in [-0.4, -0.2) is 34.8 Å². The lowest BCUT2D eigenvalue weighted by Gasteiger charge is -2.21. The van der Waals surface area contributed by atoms with E-state index < -0.39 is 5.97 Å². The van der Waals surface area contributed by atoms with Crippen LogP contribution >= 0.6 is 27.7 Å². The second-order valence-electron chi connectivity index (χ2n) is 5.35. The number of halogens is 1. The molecule has 1 unspecified atom stereocenters. The normalized spacial score (nSPS) is 12.9. The van der Waals surface area contributed by atoms with Crippen LogP contribution in [0.3, 0.4) is 0 Å². The van der Waals surface area contributed by atoms with Gasteiger partial charge in [0.25, 0.3) is 0 Å².